The van der Waals surface area contributed by atoms with Crippen LogP contribution in [0.15, 0.2) is 36.5 Å². The quantitative estimate of drug-likeness (QED) is 0.701. The van der Waals surface area contributed by atoms with Gasteiger partial charge in [-0.15, -0.1) is 0 Å². The summed E-state index contributed by atoms with van der Waals surface area (Å²) in [6.45, 7) is -0.643. The van der Waals surface area contributed by atoms with Crippen LogP contribution in [-0.4, -0.2) is 52.1 Å². The number of nitrogens with zero attached hydrogens (tertiary/aromatic N) is 2. The normalized spacial score (nSPS) is 12.7. The second-order valence-corrected chi connectivity index (χ2v) is 5.55. The lowest BCUT2D eigenvalue weighted by atomic mass is 10.1. The zero-order chi connectivity index (χ0) is 19.6. The monoisotopic (exact) mass is 371 g/mol. The summed E-state index contributed by atoms with van der Waals surface area (Å²) in [5.74, 6) is -3.26. The summed E-state index contributed by atoms with van der Waals surface area (Å²) in [7, 11) is 0. The van der Waals surface area contributed by atoms with Gasteiger partial charge < -0.3 is 20.3 Å². The van der Waals surface area contributed by atoms with Crippen molar-refractivity contribution in [2.45, 2.75) is 0 Å². The number of amides is 2. The molecule has 0 radical (unpaired) electrons. The summed E-state index contributed by atoms with van der Waals surface area (Å²) < 4.78 is 5.23. The van der Waals surface area contributed by atoms with Crippen LogP contribution < -0.4 is 15.0 Å². The Morgan fingerprint density at radius 3 is 2.44 bits per heavy atom. The van der Waals surface area contributed by atoms with Gasteiger partial charge in [0.15, 0.2) is 18.2 Å². The molecule has 0 bridgehead atoms. The summed E-state index contributed by atoms with van der Waals surface area (Å²) in [6.07, 6.45) is 1.45. The summed E-state index contributed by atoms with van der Waals surface area (Å²) in [5.41, 5.74) is -0.599. The van der Waals surface area contributed by atoms with Crippen molar-refractivity contribution in [1.29, 1.82) is 0 Å². The Morgan fingerprint density at radius 2 is 1.81 bits per heavy atom. The van der Waals surface area contributed by atoms with Crippen molar-refractivity contribution in [2.24, 2.45) is 0 Å². The van der Waals surface area contributed by atoms with Crippen LogP contribution >= 0.6 is 0 Å². The lowest BCUT2D eigenvalue weighted by Crippen LogP contribution is -2.43. The third-order valence-electron chi connectivity index (χ3n) is 3.67. The Morgan fingerprint density at radius 1 is 1.15 bits per heavy atom. The van der Waals surface area contributed by atoms with Crippen LogP contribution in [0.4, 0.5) is 11.5 Å². The molecule has 0 saturated heterocycles. The zero-order valence-corrected chi connectivity index (χ0v) is 13.7. The van der Waals surface area contributed by atoms with Crippen molar-refractivity contribution in [3.63, 3.8) is 0 Å². The first-order valence-corrected chi connectivity index (χ1v) is 7.65. The maximum Gasteiger partial charge on any atom is 0.335 e. The minimum absolute atomic E-state index is 0.0146. The maximum absolute atomic E-state index is 12.3. The van der Waals surface area contributed by atoms with E-state index in [-0.39, 0.29) is 29.2 Å². The van der Waals surface area contributed by atoms with Crippen molar-refractivity contribution in [3.8, 4) is 5.75 Å². The predicted octanol–water partition coefficient (Wildman–Crippen LogP) is 0.842. The van der Waals surface area contributed by atoms with Gasteiger partial charge in [0.1, 0.15) is 6.54 Å². The van der Waals surface area contributed by atoms with Crippen molar-refractivity contribution in [3.05, 3.63) is 47.7 Å². The maximum atomic E-state index is 12.3. The molecule has 10 heteroatoms. The first kappa shape index (κ1) is 17.9. The molecule has 0 spiro atoms. The first-order valence-electron chi connectivity index (χ1n) is 7.65. The van der Waals surface area contributed by atoms with Gasteiger partial charge in [-0.1, -0.05) is 0 Å². The third-order valence-corrected chi connectivity index (χ3v) is 3.67. The Labute approximate surface area is 152 Å². The highest BCUT2D eigenvalue weighted by molar-refractivity contribution is 6.05. The Balaban J connectivity index is 1.81. The highest BCUT2D eigenvalue weighted by Gasteiger charge is 2.28. The number of rotatable bonds is 5. The van der Waals surface area contributed by atoms with E-state index in [1.54, 1.807) is 12.1 Å². The van der Waals surface area contributed by atoms with Crippen LogP contribution in [0.2, 0.25) is 0 Å². The van der Waals surface area contributed by atoms with Crippen molar-refractivity contribution < 1.29 is 34.1 Å². The van der Waals surface area contributed by atoms with Crippen LogP contribution in [0.5, 0.6) is 5.75 Å². The van der Waals surface area contributed by atoms with Crippen LogP contribution in [0, 0.1) is 0 Å². The van der Waals surface area contributed by atoms with Crippen molar-refractivity contribution in [1.82, 2.24) is 4.98 Å². The van der Waals surface area contributed by atoms with E-state index in [0.29, 0.717) is 5.75 Å². The van der Waals surface area contributed by atoms with E-state index in [9.17, 15) is 19.2 Å². The lowest BCUT2D eigenvalue weighted by molar-refractivity contribution is -0.123. The summed E-state index contributed by atoms with van der Waals surface area (Å²) in [5, 5.41) is 20.6. The molecule has 2 aromatic rings. The smallest absolute Gasteiger partial charge is 0.335 e. The Hall–Kier alpha value is -3.95. The number of fused-ring (bicyclic) bond motifs is 1. The van der Waals surface area contributed by atoms with Gasteiger partial charge in [-0.25, -0.2) is 14.6 Å². The molecule has 0 atom stereocenters. The Bertz CT molecular complexity index is 925. The number of anilines is 2. The number of nitrogens with one attached hydrogen (secondary N) is 1. The van der Waals surface area contributed by atoms with Gasteiger partial charge in [0.05, 0.1) is 11.1 Å². The van der Waals surface area contributed by atoms with E-state index in [2.05, 4.69) is 10.3 Å². The summed E-state index contributed by atoms with van der Waals surface area (Å²) in [6, 6.07) is 6.46. The van der Waals surface area contributed by atoms with E-state index in [4.69, 9.17) is 14.9 Å². The molecule has 2 amide bonds. The van der Waals surface area contributed by atoms with E-state index in [1.807, 2.05) is 0 Å². The molecule has 1 aromatic heterocycles. The minimum Gasteiger partial charge on any atom is -0.480 e. The summed E-state index contributed by atoms with van der Waals surface area (Å²) >= 11 is 0. The number of carbonyl (C=O) groups excluding carboxylic acids is 2. The van der Waals surface area contributed by atoms with Crippen molar-refractivity contribution in [2.75, 3.05) is 23.4 Å². The molecule has 138 valence electrons. The first-order chi connectivity index (χ1) is 12.8. The molecule has 3 rings (SSSR count). The molecule has 0 saturated carbocycles. The molecule has 1 aliphatic rings. The molecular weight excluding hydrogens is 358 g/mol. The van der Waals surface area contributed by atoms with Crippen molar-refractivity contribution >= 4 is 35.3 Å². The number of ether oxygens (including phenoxy) is 1. The van der Waals surface area contributed by atoms with E-state index in [1.165, 1.54) is 6.20 Å². The average Bonchev–Trinajstić information content (AvgIpc) is 2.63. The standard InChI is InChI=1S/C17H13N3O7/c21-13(7-20-14(22)8-27-12-2-1-3-18-15(12)20)19-11-5-9(16(23)24)4-10(6-11)17(25)26/h1-6H,7-8H2,(H,19,21)(H,23,24)(H,25,26). The number of hydrogen-bond acceptors (Lipinski definition) is 6. The van der Waals surface area contributed by atoms with Gasteiger partial charge in [0, 0.05) is 11.9 Å². The number of carbonyl (C=O) groups is 4. The van der Waals surface area contributed by atoms with Gasteiger partial charge in [-0.05, 0) is 30.3 Å². The van der Waals surface area contributed by atoms with Gasteiger partial charge >= 0.3 is 11.9 Å². The van der Waals surface area contributed by atoms with Gasteiger partial charge in [-0.3, -0.25) is 14.5 Å². The molecule has 2 heterocycles. The van der Waals surface area contributed by atoms with Crippen LogP contribution in [-0.2, 0) is 9.59 Å². The van der Waals surface area contributed by atoms with Gasteiger partial charge in [0.25, 0.3) is 5.91 Å². The van der Waals surface area contributed by atoms with Gasteiger partial charge in [-0.2, -0.15) is 0 Å². The number of aromatic carboxylic acids is 2. The van der Waals surface area contributed by atoms with Crippen LogP contribution in [0.25, 0.3) is 0 Å². The largest absolute Gasteiger partial charge is 0.480 e. The second kappa shape index (κ2) is 7.12. The SMILES string of the molecule is O=C(CN1C(=O)COc2cccnc21)Nc1cc(C(=O)O)cc(C(=O)O)c1. The topological polar surface area (TPSA) is 146 Å². The Kier molecular flexibility index (Phi) is 4.71. The molecule has 0 unspecified atom stereocenters. The van der Waals surface area contributed by atoms with E-state index < -0.39 is 30.3 Å². The fraction of sp³-hybridized carbons (Fsp3) is 0.118. The number of carboxylic acid groups (broad SMARTS) is 2. The molecule has 0 fully saturated rings. The zero-order valence-electron chi connectivity index (χ0n) is 13.7. The number of carboxylic acids is 2. The molecule has 0 aliphatic carbocycles. The molecule has 1 aliphatic heterocycles. The number of benzene rings is 1. The predicted molar refractivity (Wildman–Crippen MR) is 91.1 cm³/mol. The number of pyridine rings is 1. The van der Waals surface area contributed by atoms with E-state index in [0.717, 1.165) is 23.1 Å². The molecule has 27 heavy (non-hydrogen) atoms. The minimum atomic E-state index is -1.34. The van der Waals surface area contributed by atoms with E-state index >= 15 is 0 Å². The fourth-order valence-corrected chi connectivity index (χ4v) is 2.49. The number of aromatic nitrogens is 1. The molecule has 10 nitrogen and oxygen atoms in total. The second-order valence-electron chi connectivity index (χ2n) is 5.55. The molecular formula is C17H13N3O7. The molecule has 3 N–H and O–H groups in total. The fourth-order valence-electron chi connectivity index (χ4n) is 2.49. The third kappa shape index (κ3) is 3.84. The summed E-state index contributed by atoms with van der Waals surface area (Å²) in [4.78, 5) is 51.8. The van der Waals surface area contributed by atoms with Crippen LogP contribution in [0.1, 0.15) is 20.7 Å². The highest BCUT2D eigenvalue weighted by Crippen LogP contribution is 2.28. The average molecular weight is 371 g/mol. The number of hydrogen-bond donors (Lipinski definition) is 3. The molecule has 1 aromatic carbocycles. The van der Waals surface area contributed by atoms with Crippen LogP contribution in [0.3, 0.4) is 0 Å². The lowest BCUT2D eigenvalue weighted by Gasteiger charge is -2.27. The highest BCUT2D eigenvalue weighted by atomic mass is 16.5. The van der Waals surface area contributed by atoms with Gasteiger partial charge in [0.2, 0.25) is 5.91 Å².